The van der Waals surface area contributed by atoms with Crippen molar-refractivity contribution < 1.29 is 4.74 Å². The van der Waals surface area contributed by atoms with E-state index in [9.17, 15) is 0 Å². The van der Waals surface area contributed by atoms with Gasteiger partial charge in [0.15, 0.2) is 0 Å². The first-order valence-corrected chi connectivity index (χ1v) is 6.42. The molecule has 90 valence electrons. The molecule has 16 heavy (non-hydrogen) atoms. The first-order valence-electron chi connectivity index (χ1n) is 6.42. The summed E-state index contributed by atoms with van der Waals surface area (Å²) in [5.74, 6) is 0. The summed E-state index contributed by atoms with van der Waals surface area (Å²) in [6, 6.07) is 0. The van der Waals surface area contributed by atoms with Gasteiger partial charge in [-0.25, -0.2) is 0 Å². The maximum absolute atomic E-state index is 5.88. The number of hydrogen-bond donors (Lipinski definition) is 0. The Morgan fingerprint density at radius 3 is 2.81 bits per heavy atom. The molecule has 0 aromatic heterocycles. The third kappa shape index (κ3) is 2.76. The Morgan fingerprint density at radius 1 is 1.31 bits per heavy atom. The van der Waals surface area contributed by atoms with Crippen molar-refractivity contribution >= 4 is 0 Å². The Bertz CT molecular complexity index is 324. The molecule has 0 saturated carbocycles. The molecule has 2 aliphatic rings. The van der Waals surface area contributed by atoms with Crippen LogP contribution in [0.2, 0.25) is 0 Å². The van der Waals surface area contributed by atoms with Crippen LogP contribution in [0.1, 0.15) is 53.4 Å². The lowest BCUT2D eigenvalue weighted by atomic mass is 9.84. The van der Waals surface area contributed by atoms with E-state index in [-0.39, 0.29) is 11.0 Å². The van der Waals surface area contributed by atoms with Gasteiger partial charge in [-0.05, 0) is 44.9 Å². The number of rotatable bonds is 0. The second kappa shape index (κ2) is 4.03. The molecule has 2 rings (SSSR count). The number of ether oxygens (including phenoxy) is 1. The fourth-order valence-corrected chi connectivity index (χ4v) is 2.57. The molecule has 0 radical (unpaired) electrons. The van der Waals surface area contributed by atoms with Gasteiger partial charge in [-0.3, -0.25) is 0 Å². The smallest absolute Gasteiger partial charge is 0.0923 e. The van der Waals surface area contributed by atoms with E-state index in [0.29, 0.717) is 6.10 Å². The average Bonchev–Trinajstić information content (AvgIpc) is 2.73. The second-order valence-electron chi connectivity index (χ2n) is 6.31. The molecule has 1 aliphatic heterocycles. The molecule has 2 atom stereocenters. The molecule has 1 fully saturated rings. The molecule has 0 N–H and O–H groups in total. The highest BCUT2D eigenvalue weighted by Gasteiger charge is 2.52. The van der Waals surface area contributed by atoms with Crippen LogP contribution in [0.5, 0.6) is 0 Å². The summed E-state index contributed by atoms with van der Waals surface area (Å²) in [5.41, 5.74) is 1.91. The van der Waals surface area contributed by atoms with Crippen molar-refractivity contribution in [3.8, 4) is 0 Å². The summed E-state index contributed by atoms with van der Waals surface area (Å²) >= 11 is 0. The van der Waals surface area contributed by atoms with Crippen LogP contribution < -0.4 is 0 Å². The maximum atomic E-state index is 5.88. The first kappa shape index (κ1) is 11.9. The van der Waals surface area contributed by atoms with E-state index in [1.807, 2.05) is 0 Å². The minimum atomic E-state index is 0.159. The van der Waals surface area contributed by atoms with Crippen LogP contribution >= 0.6 is 0 Å². The third-order valence-electron chi connectivity index (χ3n) is 3.89. The van der Waals surface area contributed by atoms with Crippen LogP contribution in [-0.2, 0) is 4.74 Å². The van der Waals surface area contributed by atoms with Crippen LogP contribution in [0.4, 0.5) is 0 Å². The van der Waals surface area contributed by atoms with E-state index < -0.39 is 0 Å². The van der Waals surface area contributed by atoms with Gasteiger partial charge >= 0.3 is 0 Å². The molecule has 0 unspecified atom stereocenters. The topological polar surface area (TPSA) is 12.5 Å². The predicted molar refractivity (Wildman–Crippen MR) is 68.4 cm³/mol. The Balaban J connectivity index is 2.11. The molecule has 0 aromatic rings. The summed E-state index contributed by atoms with van der Waals surface area (Å²) in [5, 5.41) is 0. The van der Waals surface area contributed by atoms with Gasteiger partial charge < -0.3 is 4.74 Å². The lowest BCUT2D eigenvalue weighted by Gasteiger charge is -2.19. The summed E-state index contributed by atoms with van der Waals surface area (Å²) < 4.78 is 5.88. The SMILES string of the molecule is CC1=CCC[C@@]2(C)O[C@@H]2CC(C)(C)/C=C\C1. The molecule has 0 spiro atoms. The molecular weight excluding hydrogens is 196 g/mol. The largest absolute Gasteiger partial charge is 0.366 e. The zero-order valence-corrected chi connectivity index (χ0v) is 11.0. The normalized spacial score (nSPS) is 40.2. The van der Waals surface area contributed by atoms with E-state index in [1.54, 1.807) is 0 Å². The number of allylic oxidation sites excluding steroid dienone is 4. The van der Waals surface area contributed by atoms with E-state index in [1.165, 1.54) is 12.0 Å². The molecule has 0 bridgehead atoms. The monoisotopic (exact) mass is 220 g/mol. The van der Waals surface area contributed by atoms with Gasteiger partial charge in [0.25, 0.3) is 0 Å². The van der Waals surface area contributed by atoms with Crippen LogP contribution in [-0.4, -0.2) is 11.7 Å². The highest BCUT2D eigenvalue weighted by Crippen LogP contribution is 2.46. The zero-order valence-electron chi connectivity index (χ0n) is 11.0. The molecular formula is C15H24O. The van der Waals surface area contributed by atoms with E-state index in [4.69, 9.17) is 4.74 Å². The zero-order chi connectivity index (χ0) is 11.8. The van der Waals surface area contributed by atoms with Gasteiger partial charge in [-0.2, -0.15) is 0 Å². The Hall–Kier alpha value is -0.560. The van der Waals surface area contributed by atoms with E-state index >= 15 is 0 Å². The third-order valence-corrected chi connectivity index (χ3v) is 3.89. The number of hydrogen-bond acceptors (Lipinski definition) is 1. The fourth-order valence-electron chi connectivity index (χ4n) is 2.57. The van der Waals surface area contributed by atoms with Crippen molar-refractivity contribution in [2.24, 2.45) is 5.41 Å². The average molecular weight is 220 g/mol. The summed E-state index contributed by atoms with van der Waals surface area (Å²) in [6.07, 6.45) is 12.1. The summed E-state index contributed by atoms with van der Waals surface area (Å²) in [7, 11) is 0. The lowest BCUT2D eigenvalue weighted by molar-refractivity contribution is 0.280. The highest BCUT2D eigenvalue weighted by atomic mass is 16.6. The highest BCUT2D eigenvalue weighted by molar-refractivity contribution is 5.12. The van der Waals surface area contributed by atoms with Gasteiger partial charge in [0.2, 0.25) is 0 Å². The van der Waals surface area contributed by atoms with Crippen molar-refractivity contribution in [3.05, 3.63) is 23.8 Å². The predicted octanol–water partition coefficient (Wildman–Crippen LogP) is 4.25. The van der Waals surface area contributed by atoms with Crippen LogP contribution in [0.15, 0.2) is 23.8 Å². The molecule has 0 aromatic carbocycles. The Kier molecular flexibility index (Phi) is 3.00. The number of epoxide rings is 1. The molecule has 1 saturated heterocycles. The standard InChI is InChI=1S/C15H24O/c1-12-7-5-9-14(2,3)11-13-15(4,16-13)10-6-8-12/h5,8-9,13H,6-7,10-11H2,1-4H3/b9-5-,12-8?/t13-,15-/m1/s1. The molecule has 1 heteroatoms. The van der Waals surface area contributed by atoms with Gasteiger partial charge in [0.05, 0.1) is 11.7 Å². The lowest BCUT2D eigenvalue weighted by Crippen LogP contribution is -2.16. The fraction of sp³-hybridized carbons (Fsp3) is 0.733. The van der Waals surface area contributed by atoms with E-state index in [0.717, 1.165) is 19.3 Å². The minimum Gasteiger partial charge on any atom is -0.366 e. The van der Waals surface area contributed by atoms with E-state index in [2.05, 4.69) is 45.9 Å². The second-order valence-corrected chi connectivity index (χ2v) is 6.31. The van der Waals surface area contributed by atoms with Gasteiger partial charge in [-0.1, -0.05) is 37.6 Å². The molecule has 0 amide bonds. The van der Waals surface area contributed by atoms with Gasteiger partial charge in [-0.15, -0.1) is 0 Å². The molecule has 1 nitrogen and oxygen atoms in total. The minimum absolute atomic E-state index is 0.159. The van der Waals surface area contributed by atoms with Crippen molar-refractivity contribution in [2.45, 2.75) is 65.1 Å². The van der Waals surface area contributed by atoms with Crippen LogP contribution in [0.25, 0.3) is 0 Å². The first-order chi connectivity index (χ1) is 7.41. The summed E-state index contributed by atoms with van der Waals surface area (Å²) in [4.78, 5) is 0. The van der Waals surface area contributed by atoms with Gasteiger partial charge in [0, 0.05) is 0 Å². The Labute approximate surface area is 99.6 Å². The van der Waals surface area contributed by atoms with Crippen LogP contribution in [0.3, 0.4) is 0 Å². The Morgan fingerprint density at radius 2 is 2.06 bits per heavy atom. The van der Waals surface area contributed by atoms with Crippen molar-refractivity contribution in [2.75, 3.05) is 0 Å². The molecule has 1 aliphatic carbocycles. The van der Waals surface area contributed by atoms with Crippen molar-refractivity contribution in [1.82, 2.24) is 0 Å². The molecule has 1 heterocycles. The van der Waals surface area contributed by atoms with Gasteiger partial charge in [0.1, 0.15) is 0 Å². The van der Waals surface area contributed by atoms with Crippen LogP contribution in [0, 0.1) is 5.41 Å². The quantitative estimate of drug-likeness (QED) is 0.439. The van der Waals surface area contributed by atoms with Crippen molar-refractivity contribution in [1.29, 1.82) is 0 Å². The summed E-state index contributed by atoms with van der Waals surface area (Å²) in [6.45, 7) is 9.10. The maximum Gasteiger partial charge on any atom is 0.0923 e. The van der Waals surface area contributed by atoms with Crippen molar-refractivity contribution in [3.63, 3.8) is 0 Å². The number of fused-ring (bicyclic) bond motifs is 1.